The predicted molar refractivity (Wildman–Crippen MR) is 85.2 cm³/mol. The summed E-state index contributed by atoms with van der Waals surface area (Å²) in [5.74, 6) is -1.85. The van der Waals surface area contributed by atoms with Crippen LogP contribution in [0.3, 0.4) is 0 Å². The first kappa shape index (κ1) is 16.4. The summed E-state index contributed by atoms with van der Waals surface area (Å²) in [5.41, 5.74) is 6.69. The van der Waals surface area contributed by atoms with Gasteiger partial charge in [-0.2, -0.15) is 0 Å². The lowest BCUT2D eigenvalue weighted by Crippen LogP contribution is -2.80. The van der Waals surface area contributed by atoms with Crippen molar-refractivity contribution in [1.82, 2.24) is 5.32 Å². The van der Waals surface area contributed by atoms with Gasteiger partial charge in [-0.05, 0) is 18.1 Å². The molecule has 1 saturated heterocycles. The molecule has 0 radical (unpaired) electrons. The van der Waals surface area contributed by atoms with Gasteiger partial charge in [0.15, 0.2) is 6.04 Å². The predicted octanol–water partition coefficient (Wildman–Crippen LogP) is 0.289. The van der Waals surface area contributed by atoms with Gasteiger partial charge >= 0.3 is 11.9 Å². The lowest BCUT2D eigenvalue weighted by molar-refractivity contribution is -0.854. The standard InChI is InChI=1S/C17H19N3O4/c1-20-11(8-5-9-12(20)17(23)24)14(16(20)22)19-15(21)13(18)10-6-3-2-4-7-10/h2-4,6-7,9,11,13-14H,5,8,18H2,1H3,(H-,19,21,23,24)/p+1/t11-,13+,14+,20-/m0/s1. The van der Waals surface area contributed by atoms with Crippen LogP contribution in [-0.4, -0.2) is 46.5 Å². The number of amides is 2. The lowest BCUT2D eigenvalue weighted by Gasteiger charge is -2.52. The number of hydrogen-bond acceptors (Lipinski definition) is 4. The normalized spacial score (nSPS) is 29.8. The Morgan fingerprint density at radius 2 is 2.00 bits per heavy atom. The van der Waals surface area contributed by atoms with Gasteiger partial charge in [0.25, 0.3) is 0 Å². The fourth-order valence-electron chi connectivity index (χ4n) is 3.63. The number of rotatable bonds is 4. The number of nitrogens with one attached hydrogen (secondary N) is 1. The molecular weight excluding hydrogens is 310 g/mol. The van der Waals surface area contributed by atoms with E-state index in [1.54, 1.807) is 37.4 Å². The number of allylic oxidation sites excluding steroid dienone is 1. The Hall–Kier alpha value is -2.51. The number of quaternary nitrogens is 1. The molecule has 0 aliphatic carbocycles. The van der Waals surface area contributed by atoms with E-state index in [-0.39, 0.29) is 22.1 Å². The second kappa shape index (κ2) is 5.85. The zero-order valence-electron chi connectivity index (χ0n) is 13.3. The third-order valence-electron chi connectivity index (χ3n) is 5.03. The van der Waals surface area contributed by atoms with E-state index in [1.807, 2.05) is 6.07 Å². The first-order valence-corrected chi connectivity index (χ1v) is 7.83. The fourth-order valence-corrected chi connectivity index (χ4v) is 3.63. The van der Waals surface area contributed by atoms with Crippen molar-refractivity contribution in [3.8, 4) is 0 Å². The van der Waals surface area contributed by atoms with Gasteiger partial charge in [-0.25, -0.2) is 14.1 Å². The molecule has 0 saturated carbocycles. The number of nitrogens with zero attached hydrogens (tertiary/aromatic N) is 1. The Balaban J connectivity index is 1.74. The smallest absolute Gasteiger partial charge is 0.390 e. The van der Waals surface area contributed by atoms with Gasteiger partial charge in [0.2, 0.25) is 11.6 Å². The molecule has 24 heavy (non-hydrogen) atoms. The summed E-state index contributed by atoms with van der Waals surface area (Å²) in [4.78, 5) is 36.3. The molecule has 0 unspecified atom stereocenters. The van der Waals surface area contributed by atoms with Crippen LogP contribution in [0, 0.1) is 0 Å². The third kappa shape index (κ3) is 2.33. The first-order valence-electron chi connectivity index (χ1n) is 7.83. The largest absolute Gasteiger partial charge is 0.474 e. The Bertz CT molecular complexity index is 731. The van der Waals surface area contributed by atoms with Crippen molar-refractivity contribution in [2.75, 3.05) is 7.05 Å². The summed E-state index contributed by atoms with van der Waals surface area (Å²) in [5, 5.41) is 12.0. The van der Waals surface area contributed by atoms with E-state index in [4.69, 9.17) is 5.73 Å². The molecule has 2 aliphatic rings. The van der Waals surface area contributed by atoms with E-state index in [9.17, 15) is 19.5 Å². The minimum absolute atomic E-state index is 0.0779. The zero-order chi connectivity index (χ0) is 17.5. The Morgan fingerprint density at radius 1 is 1.33 bits per heavy atom. The SMILES string of the molecule is C[N@+]12C(=O)[C@H](NC(=O)[C@H](N)c3ccccc3)[C@@H]1CCC=C2C(=O)O. The number of fused-ring (bicyclic) bond motifs is 1. The molecule has 0 aromatic heterocycles. The molecule has 0 bridgehead atoms. The Morgan fingerprint density at radius 3 is 2.62 bits per heavy atom. The first-order chi connectivity index (χ1) is 11.4. The number of β-lactam (4-membered cyclic amide) rings is 1. The van der Waals surface area contributed by atoms with Crippen molar-refractivity contribution < 1.29 is 24.0 Å². The van der Waals surface area contributed by atoms with Crippen molar-refractivity contribution in [3.63, 3.8) is 0 Å². The second-order valence-corrected chi connectivity index (χ2v) is 6.33. The van der Waals surface area contributed by atoms with Crippen LogP contribution in [0.25, 0.3) is 0 Å². The molecule has 3 rings (SSSR count). The van der Waals surface area contributed by atoms with Crippen LogP contribution in [-0.2, 0) is 14.4 Å². The van der Waals surface area contributed by atoms with Gasteiger partial charge in [0.1, 0.15) is 12.1 Å². The molecule has 7 heteroatoms. The molecular formula is C17H20N3O4+. The van der Waals surface area contributed by atoms with E-state index in [0.29, 0.717) is 18.4 Å². The van der Waals surface area contributed by atoms with E-state index in [1.165, 1.54) is 0 Å². The number of carbonyl (C=O) groups is 3. The monoisotopic (exact) mass is 330 g/mol. The van der Waals surface area contributed by atoms with E-state index in [0.717, 1.165) is 0 Å². The molecule has 7 nitrogen and oxygen atoms in total. The van der Waals surface area contributed by atoms with Crippen molar-refractivity contribution in [1.29, 1.82) is 0 Å². The molecule has 4 atom stereocenters. The van der Waals surface area contributed by atoms with Crippen LogP contribution in [0.2, 0.25) is 0 Å². The van der Waals surface area contributed by atoms with Crippen LogP contribution in [0.4, 0.5) is 0 Å². The molecule has 1 aromatic rings. The number of aliphatic carboxylic acids is 1. The molecule has 126 valence electrons. The van der Waals surface area contributed by atoms with Crippen LogP contribution < -0.4 is 11.1 Å². The van der Waals surface area contributed by atoms with Crippen molar-refractivity contribution in [3.05, 3.63) is 47.7 Å². The van der Waals surface area contributed by atoms with Gasteiger partial charge in [-0.3, -0.25) is 4.79 Å². The number of carboxylic acids is 1. The highest BCUT2D eigenvalue weighted by molar-refractivity contribution is 5.95. The number of hydrogen-bond donors (Lipinski definition) is 3. The van der Waals surface area contributed by atoms with Crippen molar-refractivity contribution in [2.24, 2.45) is 5.73 Å². The average molecular weight is 330 g/mol. The maximum absolute atomic E-state index is 12.5. The molecule has 4 N–H and O–H groups in total. The van der Waals surface area contributed by atoms with E-state index >= 15 is 0 Å². The minimum Gasteiger partial charge on any atom is -0.474 e. The molecule has 1 fully saturated rings. The fraction of sp³-hybridized carbons (Fsp3) is 0.353. The van der Waals surface area contributed by atoms with Crippen LogP contribution in [0.5, 0.6) is 0 Å². The van der Waals surface area contributed by atoms with Crippen LogP contribution >= 0.6 is 0 Å². The topological polar surface area (TPSA) is 109 Å². The summed E-state index contributed by atoms with van der Waals surface area (Å²) in [6.45, 7) is 0. The number of nitrogens with two attached hydrogens (primary N) is 1. The number of carbonyl (C=O) groups excluding carboxylic acids is 2. The van der Waals surface area contributed by atoms with Crippen LogP contribution in [0.1, 0.15) is 24.4 Å². The molecule has 0 spiro atoms. The Kier molecular flexibility index (Phi) is 3.98. The summed E-state index contributed by atoms with van der Waals surface area (Å²) < 4.78 is -0.263. The van der Waals surface area contributed by atoms with Crippen LogP contribution in [0.15, 0.2) is 42.1 Å². The van der Waals surface area contributed by atoms with Crippen molar-refractivity contribution in [2.45, 2.75) is 31.0 Å². The number of carboxylic acid groups (broad SMARTS) is 1. The summed E-state index contributed by atoms with van der Waals surface area (Å²) >= 11 is 0. The highest BCUT2D eigenvalue weighted by Crippen LogP contribution is 2.40. The number of benzene rings is 1. The average Bonchev–Trinajstić information content (AvgIpc) is 2.59. The third-order valence-corrected chi connectivity index (χ3v) is 5.03. The van der Waals surface area contributed by atoms with Gasteiger partial charge in [-0.1, -0.05) is 30.3 Å². The lowest BCUT2D eigenvalue weighted by atomic mass is 9.82. The molecule has 2 amide bonds. The summed E-state index contributed by atoms with van der Waals surface area (Å²) in [6.07, 6.45) is 2.81. The molecule has 1 aromatic carbocycles. The van der Waals surface area contributed by atoms with Crippen molar-refractivity contribution >= 4 is 17.8 Å². The molecule has 2 heterocycles. The second-order valence-electron chi connectivity index (χ2n) is 6.33. The van der Waals surface area contributed by atoms with Gasteiger partial charge < -0.3 is 16.2 Å². The quantitative estimate of drug-likeness (QED) is 0.543. The zero-order valence-corrected chi connectivity index (χ0v) is 13.3. The molecule has 2 aliphatic heterocycles. The summed E-state index contributed by atoms with van der Waals surface area (Å²) in [7, 11) is 1.59. The highest BCUT2D eigenvalue weighted by Gasteiger charge is 2.66. The number of likely N-dealkylation sites (N-methyl/N-ethyl adjacent to an activating group) is 1. The van der Waals surface area contributed by atoms with Gasteiger partial charge in [0, 0.05) is 6.42 Å². The van der Waals surface area contributed by atoms with Gasteiger partial charge in [0.05, 0.1) is 7.05 Å². The minimum atomic E-state index is -1.10. The Labute approximate surface area is 139 Å². The van der Waals surface area contributed by atoms with Gasteiger partial charge in [-0.15, -0.1) is 0 Å². The highest BCUT2D eigenvalue weighted by atomic mass is 16.4. The maximum Gasteiger partial charge on any atom is 0.390 e. The van der Waals surface area contributed by atoms with E-state index in [2.05, 4.69) is 5.32 Å². The summed E-state index contributed by atoms with van der Waals surface area (Å²) in [6, 6.07) is 7.08. The maximum atomic E-state index is 12.5. The van der Waals surface area contributed by atoms with E-state index < -0.39 is 24.0 Å².